The Bertz CT molecular complexity index is 984. The van der Waals surface area contributed by atoms with Gasteiger partial charge >= 0.3 is 5.97 Å². The second-order valence-corrected chi connectivity index (χ2v) is 7.97. The minimum Gasteiger partial charge on any atom is -0.452 e. The molecule has 2 aliphatic rings. The number of hydrogen-bond acceptors (Lipinski definition) is 5. The van der Waals surface area contributed by atoms with Gasteiger partial charge in [0, 0.05) is 12.2 Å². The number of carbonyl (C=O) groups is 3. The molecule has 156 valence electrons. The third-order valence-corrected chi connectivity index (χ3v) is 5.55. The Kier molecular flexibility index (Phi) is 5.44. The molecule has 0 spiro atoms. The maximum atomic E-state index is 12.4. The zero-order valence-corrected chi connectivity index (χ0v) is 17.1. The molecule has 2 aliphatic heterocycles. The Balaban J connectivity index is 1.36. The van der Waals surface area contributed by atoms with Gasteiger partial charge in [0.15, 0.2) is 6.61 Å². The highest BCUT2D eigenvalue weighted by Gasteiger charge is 2.36. The van der Waals surface area contributed by atoms with E-state index in [1.165, 1.54) is 5.56 Å². The van der Waals surface area contributed by atoms with Crippen LogP contribution in [0.1, 0.15) is 48.5 Å². The van der Waals surface area contributed by atoms with Gasteiger partial charge in [0.2, 0.25) is 5.91 Å². The van der Waals surface area contributed by atoms with Gasteiger partial charge in [-0.3, -0.25) is 9.59 Å². The second-order valence-electron chi connectivity index (χ2n) is 7.97. The third-order valence-electron chi connectivity index (χ3n) is 5.55. The van der Waals surface area contributed by atoms with E-state index in [1.807, 2.05) is 30.3 Å². The standard InChI is InChI=1S/C23H25N3O4/c1-14(2)15-5-8-17(9-6-15)24-21(27)13-30-23(29)16-7-10-19-18(12-16)25-22(28)20-4-3-11-26(19)20/h5-10,12,14,20H,3-4,11,13H2,1-2H3,(H,24,27)(H,25,28)/t20-/m0/s1. The van der Waals surface area contributed by atoms with Crippen LogP contribution >= 0.6 is 0 Å². The van der Waals surface area contributed by atoms with E-state index in [-0.39, 0.29) is 18.6 Å². The molecule has 2 heterocycles. The lowest BCUT2D eigenvalue weighted by molar-refractivity contribution is -0.119. The van der Waals surface area contributed by atoms with Gasteiger partial charge in [-0.05, 0) is 54.7 Å². The summed E-state index contributed by atoms with van der Waals surface area (Å²) < 4.78 is 5.15. The molecule has 1 saturated heterocycles. The van der Waals surface area contributed by atoms with Gasteiger partial charge in [-0.1, -0.05) is 26.0 Å². The van der Waals surface area contributed by atoms with Gasteiger partial charge < -0.3 is 20.3 Å². The summed E-state index contributed by atoms with van der Waals surface area (Å²) in [5.41, 5.74) is 3.63. The zero-order valence-electron chi connectivity index (χ0n) is 17.1. The summed E-state index contributed by atoms with van der Waals surface area (Å²) in [7, 11) is 0. The summed E-state index contributed by atoms with van der Waals surface area (Å²) in [4.78, 5) is 38.8. The first-order chi connectivity index (χ1) is 14.4. The molecular weight excluding hydrogens is 382 g/mol. The number of fused-ring (bicyclic) bond motifs is 3. The number of anilines is 3. The summed E-state index contributed by atoms with van der Waals surface area (Å²) in [5.74, 6) is -0.658. The molecule has 2 amide bonds. The number of hydrogen-bond donors (Lipinski definition) is 2. The van der Waals surface area contributed by atoms with Gasteiger partial charge in [-0.15, -0.1) is 0 Å². The van der Waals surface area contributed by atoms with E-state index < -0.39 is 11.9 Å². The lowest BCUT2D eigenvalue weighted by Gasteiger charge is -2.33. The predicted molar refractivity (Wildman–Crippen MR) is 115 cm³/mol. The van der Waals surface area contributed by atoms with Crippen LogP contribution in [0, 0.1) is 0 Å². The number of nitrogens with zero attached hydrogens (tertiary/aromatic N) is 1. The van der Waals surface area contributed by atoms with Crippen molar-refractivity contribution in [2.45, 2.75) is 38.6 Å². The van der Waals surface area contributed by atoms with Crippen molar-refractivity contribution in [1.82, 2.24) is 0 Å². The minimum atomic E-state index is -0.610. The molecule has 0 saturated carbocycles. The monoisotopic (exact) mass is 407 g/mol. The lowest BCUT2D eigenvalue weighted by atomic mass is 10.0. The van der Waals surface area contributed by atoms with Crippen LogP contribution < -0.4 is 15.5 Å². The van der Waals surface area contributed by atoms with Gasteiger partial charge in [0.1, 0.15) is 6.04 Å². The van der Waals surface area contributed by atoms with Crippen molar-refractivity contribution in [3.63, 3.8) is 0 Å². The molecule has 2 aromatic rings. The Hall–Kier alpha value is -3.35. The summed E-state index contributed by atoms with van der Waals surface area (Å²) >= 11 is 0. The van der Waals surface area contributed by atoms with Crippen molar-refractivity contribution < 1.29 is 19.1 Å². The zero-order chi connectivity index (χ0) is 21.3. The molecule has 0 radical (unpaired) electrons. The molecular formula is C23H25N3O4. The van der Waals surface area contributed by atoms with Gasteiger partial charge in [-0.25, -0.2) is 4.79 Å². The smallest absolute Gasteiger partial charge is 0.338 e. The number of esters is 1. The Morgan fingerprint density at radius 3 is 2.70 bits per heavy atom. The maximum Gasteiger partial charge on any atom is 0.338 e. The van der Waals surface area contributed by atoms with Crippen LogP contribution in [0.15, 0.2) is 42.5 Å². The largest absolute Gasteiger partial charge is 0.452 e. The van der Waals surface area contributed by atoms with E-state index in [0.29, 0.717) is 22.9 Å². The first-order valence-electron chi connectivity index (χ1n) is 10.2. The fourth-order valence-electron chi connectivity index (χ4n) is 3.92. The van der Waals surface area contributed by atoms with Crippen molar-refractivity contribution >= 4 is 34.8 Å². The normalized spacial score (nSPS) is 17.2. The van der Waals surface area contributed by atoms with E-state index in [1.54, 1.807) is 12.1 Å². The lowest BCUT2D eigenvalue weighted by Crippen LogP contribution is -2.43. The van der Waals surface area contributed by atoms with Crippen molar-refractivity contribution in [2.24, 2.45) is 0 Å². The average molecular weight is 407 g/mol. The van der Waals surface area contributed by atoms with Crippen LogP contribution in [-0.2, 0) is 14.3 Å². The highest BCUT2D eigenvalue weighted by Crippen LogP contribution is 2.37. The van der Waals surface area contributed by atoms with E-state index in [0.717, 1.165) is 25.1 Å². The number of rotatable bonds is 5. The Labute approximate surface area is 175 Å². The molecule has 2 N–H and O–H groups in total. The molecule has 1 fully saturated rings. The molecule has 0 bridgehead atoms. The van der Waals surface area contributed by atoms with Gasteiger partial charge in [-0.2, -0.15) is 0 Å². The van der Waals surface area contributed by atoms with Crippen LogP contribution in [0.2, 0.25) is 0 Å². The van der Waals surface area contributed by atoms with Crippen molar-refractivity contribution in [3.05, 3.63) is 53.6 Å². The van der Waals surface area contributed by atoms with Crippen molar-refractivity contribution in [2.75, 3.05) is 28.7 Å². The van der Waals surface area contributed by atoms with Crippen LogP contribution in [0.25, 0.3) is 0 Å². The van der Waals surface area contributed by atoms with Crippen molar-refractivity contribution in [3.8, 4) is 0 Å². The number of nitrogens with one attached hydrogen (secondary N) is 2. The topological polar surface area (TPSA) is 87.7 Å². The third kappa shape index (κ3) is 4.01. The van der Waals surface area contributed by atoms with Crippen molar-refractivity contribution in [1.29, 1.82) is 0 Å². The summed E-state index contributed by atoms with van der Waals surface area (Å²) in [5, 5.41) is 5.58. The van der Waals surface area contributed by atoms with Crippen LogP contribution in [0.4, 0.5) is 17.1 Å². The summed E-state index contributed by atoms with van der Waals surface area (Å²) in [6, 6.07) is 12.5. The quantitative estimate of drug-likeness (QED) is 0.741. The first kappa shape index (κ1) is 19.9. The molecule has 30 heavy (non-hydrogen) atoms. The van der Waals surface area contributed by atoms with E-state index >= 15 is 0 Å². The van der Waals surface area contributed by atoms with Crippen LogP contribution in [0.5, 0.6) is 0 Å². The molecule has 0 aliphatic carbocycles. The maximum absolute atomic E-state index is 12.4. The Morgan fingerprint density at radius 2 is 1.97 bits per heavy atom. The fraction of sp³-hybridized carbons (Fsp3) is 0.348. The molecule has 1 atom stereocenters. The fourth-order valence-corrected chi connectivity index (χ4v) is 3.92. The average Bonchev–Trinajstić information content (AvgIpc) is 3.23. The van der Waals surface area contributed by atoms with Crippen LogP contribution in [0.3, 0.4) is 0 Å². The molecule has 7 heteroatoms. The summed E-state index contributed by atoms with van der Waals surface area (Å²) in [6.07, 6.45) is 1.81. The molecule has 4 rings (SSSR count). The number of benzene rings is 2. The molecule has 0 aromatic heterocycles. The van der Waals surface area contributed by atoms with E-state index in [2.05, 4.69) is 29.4 Å². The first-order valence-corrected chi connectivity index (χ1v) is 10.2. The van der Waals surface area contributed by atoms with Crippen LogP contribution in [-0.4, -0.2) is 37.0 Å². The summed E-state index contributed by atoms with van der Waals surface area (Å²) in [6.45, 7) is 4.64. The van der Waals surface area contributed by atoms with Gasteiger partial charge in [0.05, 0.1) is 16.9 Å². The SMILES string of the molecule is CC(C)c1ccc(NC(=O)COC(=O)c2ccc3c(c2)NC(=O)[C@@H]2CCCN32)cc1. The second kappa shape index (κ2) is 8.18. The molecule has 7 nitrogen and oxygen atoms in total. The van der Waals surface area contributed by atoms with E-state index in [9.17, 15) is 14.4 Å². The predicted octanol–water partition coefficient (Wildman–Crippen LogP) is 3.53. The van der Waals surface area contributed by atoms with Gasteiger partial charge in [0.25, 0.3) is 5.91 Å². The highest BCUT2D eigenvalue weighted by atomic mass is 16.5. The highest BCUT2D eigenvalue weighted by molar-refractivity contribution is 6.05. The number of ether oxygens (including phenoxy) is 1. The molecule has 0 unspecified atom stereocenters. The van der Waals surface area contributed by atoms with E-state index in [4.69, 9.17) is 4.74 Å². The number of amides is 2. The number of carbonyl (C=O) groups excluding carboxylic acids is 3. The molecule has 2 aromatic carbocycles. The Morgan fingerprint density at radius 1 is 1.20 bits per heavy atom. The minimum absolute atomic E-state index is 0.0478.